The Bertz CT molecular complexity index is 239. The Morgan fingerprint density at radius 2 is 0.815 bits per heavy atom. The second kappa shape index (κ2) is 24.9. The molecular weight excluding hydrogens is 362 g/mol. The summed E-state index contributed by atoms with van der Waals surface area (Å²) in [6.45, 7) is 9.56. The predicted octanol–water partition coefficient (Wildman–Crippen LogP) is 10.00. The van der Waals surface area contributed by atoms with Crippen LogP contribution in [0.15, 0.2) is 0 Å². The number of hydrogen-bond donors (Lipinski definition) is 0. The third-order valence-corrected chi connectivity index (χ3v) is 9.23. The van der Waals surface area contributed by atoms with Gasteiger partial charge >= 0.3 is 0 Å². The van der Waals surface area contributed by atoms with Crippen molar-refractivity contribution in [3.8, 4) is 0 Å². The van der Waals surface area contributed by atoms with Crippen LogP contribution in [0.1, 0.15) is 143 Å². The van der Waals surface area contributed by atoms with Crippen LogP contribution in [0.4, 0.5) is 0 Å². The zero-order valence-electron chi connectivity index (χ0n) is 19.9. The summed E-state index contributed by atoms with van der Waals surface area (Å²) in [4.78, 5) is 0. The third-order valence-electron chi connectivity index (χ3n) is 5.95. The summed E-state index contributed by atoms with van der Waals surface area (Å²) in [6.07, 6.45) is 29.5. The van der Waals surface area contributed by atoms with Crippen molar-refractivity contribution >= 4 is 17.8 Å². The molecule has 0 aliphatic carbocycles. The maximum Gasteiger partial charge on any atom is -0.0238 e. The lowest BCUT2D eigenvalue weighted by molar-refractivity contribution is 0.600. The fourth-order valence-electron chi connectivity index (χ4n) is 3.97. The summed E-state index contributed by atoms with van der Waals surface area (Å²) >= 11 is 0. The van der Waals surface area contributed by atoms with Gasteiger partial charge in [-0.25, -0.2) is 0 Å². The Hall–Kier alpha value is 0.860. The summed E-state index contributed by atoms with van der Waals surface area (Å²) in [5.41, 5.74) is 1.03. The summed E-state index contributed by atoms with van der Waals surface area (Å²) in [5, 5.41) is 0. The maximum atomic E-state index is 2.60. The van der Waals surface area contributed by atoms with Crippen molar-refractivity contribution in [3.05, 3.63) is 0 Å². The Labute approximate surface area is 179 Å². The molecule has 0 aromatic carbocycles. The molecule has 0 radical (unpaired) electrons. The largest absolute Gasteiger partial charge is 0.153 e. The molecule has 0 fully saturated rings. The van der Waals surface area contributed by atoms with E-state index in [2.05, 4.69) is 27.7 Å². The molecule has 2 heteroatoms. The first-order valence-electron chi connectivity index (χ1n) is 12.5. The molecule has 0 aliphatic rings. The minimum absolute atomic E-state index is 0. The van der Waals surface area contributed by atoms with Gasteiger partial charge in [0.1, 0.15) is 0 Å². The fraction of sp³-hybridized carbons (Fsp3) is 1.00. The summed E-state index contributed by atoms with van der Waals surface area (Å²) in [7, 11) is 0.305. The smallest absolute Gasteiger partial charge is 0.0238 e. The molecule has 0 saturated carbocycles. The molecule has 0 spiro atoms. The van der Waals surface area contributed by atoms with Gasteiger partial charge in [-0.1, -0.05) is 124 Å². The first-order chi connectivity index (χ1) is 12.8. The average molecular weight is 419 g/mol. The van der Waals surface area contributed by atoms with E-state index >= 15 is 0 Å². The lowest BCUT2D eigenvalue weighted by Crippen LogP contribution is -2.06. The van der Waals surface area contributed by atoms with Gasteiger partial charge < -0.3 is 0 Å². The summed E-state index contributed by atoms with van der Waals surface area (Å²) in [6, 6.07) is 0. The lowest BCUT2D eigenvalue weighted by atomic mass is 10.1. The molecule has 0 bridgehead atoms. The Morgan fingerprint density at radius 3 is 1.22 bits per heavy atom. The molecule has 0 heterocycles. The van der Waals surface area contributed by atoms with Crippen LogP contribution in [-0.4, -0.2) is 18.0 Å². The highest BCUT2D eigenvalue weighted by Gasteiger charge is 2.15. The first-order valence-corrected chi connectivity index (χ1v) is 14.3. The van der Waals surface area contributed by atoms with Gasteiger partial charge in [-0.15, -0.1) is 7.92 Å². The van der Waals surface area contributed by atoms with Crippen molar-refractivity contribution in [2.24, 2.45) is 0 Å². The minimum atomic E-state index is 0. The van der Waals surface area contributed by atoms with Gasteiger partial charge in [0.05, 0.1) is 0 Å². The van der Waals surface area contributed by atoms with E-state index in [1.165, 1.54) is 116 Å². The Kier molecular flexibility index (Phi) is 27.7. The molecule has 0 nitrogen and oxygen atoms in total. The quantitative estimate of drug-likeness (QED) is 0.128. The molecule has 27 heavy (non-hydrogen) atoms. The fourth-order valence-corrected chi connectivity index (χ4v) is 6.88. The van der Waals surface area contributed by atoms with Crippen LogP contribution in [0, 0.1) is 0 Å². The van der Waals surface area contributed by atoms with E-state index in [4.69, 9.17) is 0 Å². The van der Waals surface area contributed by atoms with Crippen LogP contribution < -0.4 is 0 Å². The van der Waals surface area contributed by atoms with Gasteiger partial charge in [0.25, 0.3) is 0 Å². The van der Waals surface area contributed by atoms with Gasteiger partial charge in [-0.2, -0.15) is 9.90 Å². The number of rotatable bonds is 21. The van der Waals surface area contributed by atoms with Crippen LogP contribution >= 0.6 is 17.8 Å². The third kappa shape index (κ3) is 21.4. The molecule has 166 valence electrons. The first kappa shape index (κ1) is 30.1. The van der Waals surface area contributed by atoms with Gasteiger partial charge in [-0.3, -0.25) is 0 Å². The summed E-state index contributed by atoms with van der Waals surface area (Å²) in [5.74, 6) is 0. The zero-order chi connectivity index (χ0) is 19.3. The minimum Gasteiger partial charge on any atom is -0.153 e. The van der Waals surface area contributed by atoms with Crippen molar-refractivity contribution in [1.82, 2.24) is 0 Å². The predicted molar refractivity (Wildman–Crippen MR) is 137 cm³/mol. The van der Waals surface area contributed by atoms with Crippen LogP contribution in [0.3, 0.4) is 0 Å². The molecule has 0 saturated heterocycles. The number of hydrogen-bond acceptors (Lipinski definition) is 0. The van der Waals surface area contributed by atoms with Crippen molar-refractivity contribution in [2.45, 2.75) is 149 Å². The van der Waals surface area contributed by atoms with Crippen LogP contribution in [0.5, 0.6) is 0 Å². The van der Waals surface area contributed by atoms with Crippen molar-refractivity contribution in [1.29, 1.82) is 0 Å². The van der Waals surface area contributed by atoms with Crippen LogP contribution in [0.25, 0.3) is 0 Å². The van der Waals surface area contributed by atoms with Crippen molar-refractivity contribution < 1.29 is 0 Å². The van der Waals surface area contributed by atoms with Gasteiger partial charge in [-0.05, 0) is 37.2 Å². The normalized spacial score (nSPS) is 12.3. The molecule has 0 aliphatic heterocycles. The van der Waals surface area contributed by atoms with Gasteiger partial charge in [0, 0.05) is 0 Å². The van der Waals surface area contributed by atoms with Crippen molar-refractivity contribution in [2.75, 3.05) is 12.3 Å². The average Bonchev–Trinajstić information content (AvgIpc) is 2.65. The van der Waals surface area contributed by atoms with Crippen LogP contribution in [0.2, 0.25) is 0 Å². The molecular formula is C25H56P2. The standard InChI is InChI=1S/C25H53P.H3P/c1-5-8-11-14-17-20-23-26(24-21-18-15-12-9-6-2)25(4)22-19-16-13-10-7-3;/h25H,5-24H2,1-4H3;1H3. The van der Waals surface area contributed by atoms with Gasteiger partial charge in [0.2, 0.25) is 0 Å². The Balaban J connectivity index is 0. The van der Waals surface area contributed by atoms with Gasteiger partial charge in [0.15, 0.2) is 0 Å². The molecule has 2 unspecified atom stereocenters. The van der Waals surface area contributed by atoms with Crippen LogP contribution in [-0.2, 0) is 0 Å². The second-order valence-corrected chi connectivity index (χ2v) is 11.6. The van der Waals surface area contributed by atoms with E-state index in [9.17, 15) is 0 Å². The highest BCUT2D eigenvalue weighted by Crippen LogP contribution is 2.45. The lowest BCUT2D eigenvalue weighted by Gasteiger charge is -2.25. The number of unbranched alkanes of at least 4 members (excludes halogenated alkanes) is 14. The molecule has 2 atom stereocenters. The molecule has 0 aromatic heterocycles. The van der Waals surface area contributed by atoms with E-state index in [1.54, 1.807) is 12.3 Å². The Morgan fingerprint density at radius 1 is 0.481 bits per heavy atom. The maximum absolute atomic E-state index is 2.60. The second-order valence-electron chi connectivity index (χ2n) is 8.62. The summed E-state index contributed by atoms with van der Waals surface area (Å²) < 4.78 is 0. The van der Waals surface area contributed by atoms with E-state index < -0.39 is 0 Å². The van der Waals surface area contributed by atoms with Crippen molar-refractivity contribution in [3.63, 3.8) is 0 Å². The molecule has 0 aromatic rings. The molecule has 0 N–H and O–H groups in total. The molecule has 0 amide bonds. The highest BCUT2D eigenvalue weighted by atomic mass is 31.1. The SMILES string of the molecule is CCCCCCCCP(CCCCCCCC)C(C)CCCCCCC.P. The topological polar surface area (TPSA) is 0 Å². The zero-order valence-corrected chi connectivity index (χ0v) is 22.2. The van der Waals surface area contributed by atoms with E-state index in [-0.39, 0.29) is 9.90 Å². The molecule has 0 rings (SSSR count). The van der Waals surface area contributed by atoms with E-state index in [0.29, 0.717) is 7.92 Å². The highest BCUT2D eigenvalue weighted by molar-refractivity contribution is 7.58. The monoisotopic (exact) mass is 418 g/mol. The van der Waals surface area contributed by atoms with E-state index in [1.807, 2.05) is 0 Å². The van der Waals surface area contributed by atoms with E-state index in [0.717, 1.165) is 5.66 Å².